The molecule has 1 aromatic rings. The predicted molar refractivity (Wildman–Crippen MR) is 72.7 cm³/mol. The average Bonchev–Trinajstić information content (AvgIpc) is 2.46. The Balaban J connectivity index is 2.00. The van der Waals surface area contributed by atoms with Crippen LogP contribution in [0.5, 0.6) is 5.75 Å². The van der Waals surface area contributed by atoms with Crippen molar-refractivity contribution in [3.8, 4) is 5.75 Å². The van der Waals surface area contributed by atoms with Crippen LogP contribution in [0.2, 0.25) is 0 Å². The maximum atomic E-state index is 10.9. The van der Waals surface area contributed by atoms with Crippen LogP contribution in [0.1, 0.15) is 5.56 Å². The molecule has 0 aromatic heterocycles. The molecule has 104 valence electrons. The van der Waals surface area contributed by atoms with Gasteiger partial charge in [0.2, 0.25) is 0 Å². The van der Waals surface area contributed by atoms with Crippen LogP contribution in [0.15, 0.2) is 18.2 Å². The minimum Gasteiger partial charge on any atom is -0.490 e. The molecule has 1 heterocycles. The molecule has 2 rings (SSSR count). The van der Waals surface area contributed by atoms with Gasteiger partial charge in [0, 0.05) is 38.8 Å². The van der Waals surface area contributed by atoms with Gasteiger partial charge in [-0.2, -0.15) is 0 Å². The van der Waals surface area contributed by atoms with Crippen LogP contribution in [-0.2, 0) is 6.42 Å². The number of nitro groups is 1. The summed E-state index contributed by atoms with van der Waals surface area (Å²) in [6.45, 7) is 5.05. The molecule has 1 N–H and O–H groups in total. The van der Waals surface area contributed by atoms with Crippen molar-refractivity contribution in [2.24, 2.45) is 0 Å². The molecule has 0 saturated carbocycles. The van der Waals surface area contributed by atoms with Crippen LogP contribution < -0.4 is 10.1 Å². The highest BCUT2D eigenvalue weighted by molar-refractivity contribution is 5.48. The molecule has 0 atom stereocenters. The lowest BCUT2D eigenvalue weighted by atomic mass is 10.1. The van der Waals surface area contributed by atoms with Crippen LogP contribution in [0.25, 0.3) is 0 Å². The smallest absolute Gasteiger partial charge is 0.311 e. The fourth-order valence-corrected chi connectivity index (χ4v) is 2.26. The van der Waals surface area contributed by atoms with Gasteiger partial charge < -0.3 is 15.0 Å². The minimum absolute atomic E-state index is 0.0420. The molecule has 0 radical (unpaired) electrons. The topological polar surface area (TPSA) is 67.6 Å². The van der Waals surface area contributed by atoms with E-state index in [1.807, 2.05) is 6.07 Å². The number of piperazine rings is 1. The van der Waals surface area contributed by atoms with E-state index in [2.05, 4.69) is 10.2 Å². The Labute approximate surface area is 112 Å². The molecule has 1 aromatic carbocycles. The maximum absolute atomic E-state index is 10.9. The van der Waals surface area contributed by atoms with Crippen molar-refractivity contribution >= 4 is 5.69 Å². The van der Waals surface area contributed by atoms with Gasteiger partial charge in [-0.1, -0.05) is 6.07 Å². The second-order valence-corrected chi connectivity index (χ2v) is 4.60. The number of methoxy groups -OCH3 is 1. The van der Waals surface area contributed by atoms with Gasteiger partial charge in [-0.3, -0.25) is 10.1 Å². The summed E-state index contributed by atoms with van der Waals surface area (Å²) in [6.07, 6.45) is 0.824. The van der Waals surface area contributed by atoms with Crippen molar-refractivity contribution < 1.29 is 9.66 Å². The summed E-state index contributed by atoms with van der Waals surface area (Å²) >= 11 is 0. The van der Waals surface area contributed by atoms with Gasteiger partial charge in [0.05, 0.1) is 12.0 Å². The zero-order valence-electron chi connectivity index (χ0n) is 11.1. The fraction of sp³-hybridized carbons (Fsp3) is 0.538. The highest BCUT2D eigenvalue weighted by Crippen LogP contribution is 2.27. The van der Waals surface area contributed by atoms with Crippen molar-refractivity contribution in [1.82, 2.24) is 10.2 Å². The summed E-state index contributed by atoms with van der Waals surface area (Å²) in [5.41, 5.74) is 1.02. The Morgan fingerprint density at radius 2 is 2.16 bits per heavy atom. The summed E-state index contributed by atoms with van der Waals surface area (Å²) in [4.78, 5) is 12.9. The Morgan fingerprint density at radius 1 is 1.42 bits per heavy atom. The molecule has 1 aliphatic heterocycles. The molecule has 0 amide bonds. The molecule has 0 unspecified atom stereocenters. The lowest BCUT2D eigenvalue weighted by Crippen LogP contribution is -2.44. The van der Waals surface area contributed by atoms with Crippen molar-refractivity contribution in [2.45, 2.75) is 6.42 Å². The quantitative estimate of drug-likeness (QED) is 0.636. The highest BCUT2D eigenvalue weighted by Gasteiger charge is 2.16. The van der Waals surface area contributed by atoms with E-state index in [0.29, 0.717) is 5.75 Å². The summed E-state index contributed by atoms with van der Waals surface area (Å²) in [7, 11) is 1.45. The third-order valence-electron chi connectivity index (χ3n) is 3.37. The van der Waals surface area contributed by atoms with Gasteiger partial charge in [-0.25, -0.2) is 0 Å². The molecule has 0 spiro atoms. The summed E-state index contributed by atoms with van der Waals surface area (Å²) in [5.74, 6) is 0.316. The van der Waals surface area contributed by atoms with Gasteiger partial charge in [-0.15, -0.1) is 0 Å². The Morgan fingerprint density at radius 3 is 2.79 bits per heavy atom. The minimum atomic E-state index is -0.396. The molecule has 0 aliphatic carbocycles. The standard InChI is InChI=1S/C13H19N3O3/c1-19-13-3-2-11(10-12(13)16(17)18)4-7-15-8-5-14-6-9-15/h2-3,10,14H,4-9H2,1H3. The molecular formula is C13H19N3O3. The summed E-state index contributed by atoms with van der Waals surface area (Å²) < 4.78 is 5.00. The molecule has 1 aliphatic rings. The first-order chi connectivity index (χ1) is 9.20. The summed E-state index contributed by atoms with van der Waals surface area (Å²) in [5, 5.41) is 14.3. The lowest BCUT2D eigenvalue weighted by Gasteiger charge is -2.27. The molecule has 0 bridgehead atoms. The lowest BCUT2D eigenvalue weighted by molar-refractivity contribution is -0.385. The van der Waals surface area contributed by atoms with E-state index in [1.165, 1.54) is 7.11 Å². The molecule has 1 fully saturated rings. The van der Waals surface area contributed by atoms with E-state index in [-0.39, 0.29) is 5.69 Å². The number of benzene rings is 1. The first-order valence-electron chi connectivity index (χ1n) is 6.45. The van der Waals surface area contributed by atoms with Gasteiger partial charge >= 0.3 is 5.69 Å². The molecule has 1 saturated heterocycles. The monoisotopic (exact) mass is 265 g/mol. The van der Waals surface area contributed by atoms with Crippen molar-refractivity contribution in [3.05, 3.63) is 33.9 Å². The van der Waals surface area contributed by atoms with Crippen LogP contribution in [-0.4, -0.2) is 49.7 Å². The maximum Gasteiger partial charge on any atom is 0.311 e. The number of hydrogen-bond donors (Lipinski definition) is 1. The number of nitrogens with zero attached hydrogens (tertiary/aromatic N) is 2. The third kappa shape index (κ3) is 3.65. The number of rotatable bonds is 5. The summed E-state index contributed by atoms with van der Waals surface area (Å²) in [6, 6.07) is 5.18. The van der Waals surface area contributed by atoms with Crippen molar-refractivity contribution in [3.63, 3.8) is 0 Å². The number of hydrogen-bond acceptors (Lipinski definition) is 5. The van der Waals surface area contributed by atoms with Gasteiger partial charge in [0.25, 0.3) is 0 Å². The van der Waals surface area contributed by atoms with Crippen LogP contribution in [0, 0.1) is 10.1 Å². The molecule has 19 heavy (non-hydrogen) atoms. The van der Waals surface area contributed by atoms with Gasteiger partial charge in [-0.05, 0) is 18.1 Å². The number of nitrogens with one attached hydrogen (secondary N) is 1. The zero-order chi connectivity index (χ0) is 13.7. The zero-order valence-corrected chi connectivity index (χ0v) is 11.1. The Hall–Kier alpha value is -1.66. The van der Waals surface area contributed by atoms with E-state index in [9.17, 15) is 10.1 Å². The normalized spacial score (nSPS) is 16.3. The van der Waals surface area contributed by atoms with Gasteiger partial charge in [0.15, 0.2) is 5.75 Å². The molecule has 6 heteroatoms. The van der Waals surface area contributed by atoms with Crippen LogP contribution >= 0.6 is 0 Å². The van der Waals surface area contributed by atoms with E-state index >= 15 is 0 Å². The van der Waals surface area contributed by atoms with Gasteiger partial charge in [0.1, 0.15) is 0 Å². The Bertz CT molecular complexity index is 445. The first-order valence-corrected chi connectivity index (χ1v) is 6.45. The third-order valence-corrected chi connectivity index (χ3v) is 3.37. The first kappa shape index (κ1) is 13.8. The van der Waals surface area contributed by atoms with Crippen LogP contribution in [0.3, 0.4) is 0 Å². The second kappa shape index (κ2) is 6.49. The second-order valence-electron chi connectivity index (χ2n) is 4.60. The van der Waals surface area contributed by atoms with E-state index in [4.69, 9.17) is 4.74 Å². The van der Waals surface area contributed by atoms with E-state index in [0.717, 1.165) is 44.7 Å². The SMILES string of the molecule is COc1ccc(CCN2CCNCC2)cc1[N+](=O)[O-]. The molecule has 6 nitrogen and oxygen atoms in total. The van der Waals surface area contributed by atoms with Crippen LogP contribution in [0.4, 0.5) is 5.69 Å². The Kier molecular flexibility index (Phi) is 4.70. The fourth-order valence-electron chi connectivity index (χ4n) is 2.26. The highest BCUT2D eigenvalue weighted by atomic mass is 16.6. The van der Waals surface area contributed by atoms with E-state index in [1.54, 1.807) is 12.1 Å². The van der Waals surface area contributed by atoms with E-state index < -0.39 is 4.92 Å². The van der Waals surface area contributed by atoms with Crippen molar-refractivity contribution in [1.29, 1.82) is 0 Å². The molecular weight excluding hydrogens is 246 g/mol. The van der Waals surface area contributed by atoms with Crippen molar-refractivity contribution in [2.75, 3.05) is 39.8 Å². The number of ether oxygens (including phenoxy) is 1. The average molecular weight is 265 g/mol. The predicted octanol–water partition coefficient (Wildman–Crippen LogP) is 1.05. The largest absolute Gasteiger partial charge is 0.490 e. The number of nitro benzene ring substituents is 1.